The molecule has 0 radical (unpaired) electrons. The first kappa shape index (κ1) is 19.5. The van der Waals surface area contributed by atoms with Crippen LogP contribution < -0.4 is 0 Å². The molecule has 2 aromatic carbocycles. The predicted octanol–water partition coefficient (Wildman–Crippen LogP) is 3.14. The number of nitrogens with zero attached hydrogens (tertiary/aromatic N) is 2. The maximum absolute atomic E-state index is 14.4. The zero-order chi connectivity index (χ0) is 19.1. The van der Waals surface area contributed by atoms with Crippen LogP contribution in [0, 0.1) is 5.82 Å². The quantitative estimate of drug-likeness (QED) is 0.751. The molecule has 5 heteroatoms. The average molecular weight is 370 g/mol. The molecule has 0 unspecified atom stereocenters. The fourth-order valence-corrected chi connectivity index (χ4v) is 3.42. The van der Waals surface area contributed by atoms with Gasteiger partial charge in [0.1, 0.15) is 5.82 Å². The molecule has 0 saturated carbocycles. The number of halogens is 1. The van der Waals surface area contributed by atoms with Crippen LogP contribution in [0.2, 0.25) is 0 Å². The zero-order valence-electron chi connectivity index (χ0n) is 15.8. The van der Waals surface area contributed by atoms with E-state index in [1.165, 1.54) is 6.07 Å². The lowest BCUT2D eigenvalue weighted by Gasteiger charge is -2.29. The summed E-state index contributed by atoms with van der Waals surface area (Å²) in [5.41, 5.74) is 1.52. The summed E-state index contributed by atoms with van der Waals surface area (Å²) >= 11 is 0. The molecule has 1 heterocycles. The van der Waals surface area contributed by atoms with E-state index >= 15 is 0 Å². The molecule has 1 amide bonds. The van der Waals surface area contributed by atoms with Crippen molar-refractivity contribution in [3.63, 3.8) is 0 Å². The second-order valence-electron chi connectivity index (χ2n) is 6.96. The predicted molar refractivity (Wildman–Crippen MR) is 104 cm³/mol. The first-order valence-electron chi connectivity index (χ1n) is 9.48. The number of ether oxygens (including phenoxy) is 1. The Labute approximate surface area is 160 Å². The number of morpholine rings is 1. The van der Waals surface area contributed by atoms with Crippen LogP contribution in [-0.2, 0) is 9.53 Å². The number of benzene rings is 2. The number of carbonyl (C=O) groups excluding carboxylic acids is 1. The van der Waals surface area contributed by atoms with Gasteiger partial charge in [0.15, 0.2) is 0 Å². The van der Waals surface area contributed by atoms with Crippen LogP contribution in [0.5, 0.6) is 0 Å². The van der Waals surface area contributed by atoms with Crippen LogP contribution in [0.25, 0.3) is 0 Å². The molecule has 2 aromatic rings. The van der Waals surface area contributed by atoms with Gasteiger partial charge in [0, 0.05) is 45.6 Å². The van der Waals surface area contributed by atoms with E-state index in [-0.39, 0.29) is 24.1 Å². The Hall–Kier alpha value is -2.24. The smallest absolute Gasteiger partial charge is 0.223 e. The summed E-state index contributed by atoms with van der Waals surface area (Å²) in [6.07, 6.45) is 0.255. The standard InChI is InChI=1S/C22H27FN2O2/c1-24(11-12-25-13-15-27-16-14-25)22(26)17-20(18-7-3-2-4-8-18)19-9-5-6-10-21(19)23/h2-10,20H,11-17H2,1H3/t20-/m0/s1. The molecular weight excluding hydrogens is 343 g/mol. The molecule has 4 nitrogen and oxygen atoms in total. The number of hydrogen-bond acceptors (Lipinski definition) is 3. The van der Waals surface area contributed by atoms with Gasteiger partial charge in [0.05, 0.1) is 13.2 Å². The molecule has 3 rings (SSSR count). The fraction of sp³-hybridized carbons (Fsp3) is 0.409. The summed E-state index contributed by atoms with van der Waals surface area (Å²) in [4.78, 5) is 16.9. The molecule has 1 aliphatic rings. The number of rotatable bonds is 7. The maximum atomic E-state index is 14.4. The summed E-state index contributed by atoms with van der Waals surface area (Å²) in [6.45, 7) is 4.81. The Kier molecular flexibility index (Phi) is 6.96. The van der Waals surface area contributed by atoms with Crippen LogP contribution in [0.4, 0.5) is 4.39 Å². The molecule has 0 aliphatic carbocycles. The molecule has 27 heavy (non-hydrogen) atoms. The minimum atomic E-state index is -0.286. The number of likely N-dealkylation sites (N-methyl/N-ethyl adjacent to an activating group) is 1. The van der Waals surface area contributed by atoms with Gasteiger partial charge >= 0.3 is 0 Å². The second kappa shape index (κ2) is 9.62. The fourth-order valence-electron chi connectivity index (χ4n) is 3.42. The summed E-state index contributed by atoms with van der Waals surface area (Å²) in [7, 11) is 1.83. The summed E-state index contributed by atoms with van der Waals surface area (Å²) in [5, 5.41) is 0. The number of hydrogen-bond donors (Lipinski definition) is 0. The highest BCUT2D eigenvalue weighted by molar-refractivity contribution is 5.77. The number of amides is 1. The Bertz CT molecular complexity index is 732. The second-order valence-corrected chi connectivity index (χ2v) is 6.96. The van der Waals surface area contributed by atoms with E-state index in [4.69, 9.17) is 4.74 Å². The molecule has 144 valence electrons. The topological polar surface area (TPSA) is 32.8 Å². The third-order valence-corrected chi connectivity index (χ3v) is 5.14. The van der Waals surface area contributed by atoms with Crippen LogP contribution in [0.3, 0.4) is 0 Å². The van der Waals surface area contributed by atoms with Crippen molar-refractivity contribution in [1.29, 1.82) is 0 Å². The van der Waals surface area contributed by atoms with Gasteiger partial charge in [0.25, 0.3) is 0 Å². The summed E-state index contributed by atoms with van der Waals surface area (Å²) in [6, 6.07) is 16.4. The third kappa shape index (κ3) is 5.37. The van der Waals surface area contributed by atoms with Gasteiger partial charge < -0.3 is 9.64 Å². The molecule has 1 atom stereocenters. The third-order valence-electron chi connectivity index (χ3n) is 5.14. The Morgan fingerprint density at radius 2 is 1.78 bits per heavy atom. The van der Waals surface area contributed by atoms with E-state index in [2.05, 4.69) is 4.90 Å². The molecule has 1 aliphatic heterocycles. The Morgan fingerprint density at radius 1 is 1.11 bits per heavy atom. The van der Waals surface area contributed by atoms with E-state index in [0.29, 0.717) is 12.1 Å². The minimum absolute atomic E-state index is 0.0281. The minimum Gasteiger partial charge on any atom is -0.379 e. The van der Waals surface area contributed by atoms with Crippen molar-refractivity contribution < 1.29 is 13.9 Å². The highest BCUT2D eigenvalue weighted by Gasteiger charge is 2.23. The SMILES string of the molecule is CN(CCN1CCOCC1)C(=O)C[C@@H](c1ccccc1)c1ccccc1F. The first-order valence-corrected chi connectivity index (χ1v) is 9.48. The van der Waals surface area contributed by atoms with Crippen molar-refractivity contribution in [3.05, 3.63) is 71.5 Å². The van der Waals surface area contributed by atoms with E-state index in [9.17, 15) is 9.18 Å². The lowest BCUT2D eigenvalue weighted by molar-refractivity contribution is -0.130. The molecule has 0 N–H and O–H groups in total. The van der Waals surface area contributed by atoms with Crippen molar-refractivity contribution in [1.82, 2.24) is 9.80 Å². The van der Waals surface area contributed by atoms with Crippen molar-refractivity contribution in [2.45, 2.75) is 12.3 Å². The van der Waals surface area contributed by atoms with Gasteiger partial charge in [-0.15, -0.1) is 0 Å². The highest BCUT2D eigenvalue weighted by Crippen LogP contribution is 2.30. The van der Waals surface area contributed by atoms with Crippen LogP contribution in [0.15, 0.2) is 54.6 Å². The van der Waals surface area contributed by atoms with Gasteiger partial charge in [-0.05, 0) is 17.2 Å². The summed E-state index contributed by atoms with van der Waals surface area (Å²) in [5.74, 6) is -0.527. The van der Waals surface area contributed by atoms with Gasteiger partial charge in [-0.1, -0.05) is 48.5 Å². The van der Waals surface area contributed by atoms with Gasteiger partial charge in [-0.3, -0.25) is 9.69 Å². The molecule has 1 saturated heterocycles. The lowest BCUT2D eigenvalue weighted by Crippen LogP contribution is -2.42. The Balaban J connectivity index is 1.68. The van der Waals surface area contributed by atoms with Gasteiger partial charge in [-0.25, -0.2) is 4.39 Å². The van der Waals surface area contributed by atoms with Crippen LogP contribution in [0.1, 0.15) is 23.5 Å². The first-order chi connectivity index (χ1) is 13.1. The van der Waals surface area contributed by atoms with E-state index in [0.717, 1.165) is 38.4 Å². The largest absolute Gasteiger partial charge is 0.379 e. The normalized spacial score (nSPS) is 16.1. The molecule has 0 bridgehead atoms. The van der Waals surface area contributed by atoms with E-state index < -0.39 is 0 Å². The maximum Gasteiger partial charge on any atom is 0.223 e. The van der Waals surface area contributed by atoms with Gasteiger partial charge in [0.2, 0.25) is 5.91 Å². The monoisotopic (exact) mass is 370 g/mol. The van der Waals surface area contributed by atoms with Crippen LogP contribution >= 0.6 is 0 Å². The van der Waals surface area contributed by atoms with E-state index in [1.807, 2.05) is 43.4 Å². The van der Waals surface area contributed by atoms with Crippen molar-refractivity contribution in [2.24, 2.45) is 0 Å². The lowest BCUT2D eigenvalue weighted by atomic mass is 9.88. The van der Waals surface area contributed by atoms with E-state index in [1.54, 1.807) is 17.0 Å². The molecular formula is C22H27FN2O2. The van der Waals surface area contributed by atoms with Crippen molar-refractivity contribution in [2.75, 3.05) is 46.4 Å². The molecule has 0 aromatic heterocycles. The van der Waals surface area contributed by atoms with Crippen molar-refractivity contribution in [3.8, 4) is 0 Å². The van der Waals surface area contributed by atoms with Crippen LogP contribution in [-0.4, -0.2) is 62.1 Å². The Morgan fingerprint density at radius 3 is 2.48 bits per heavy atom. The van der Waals surface area contributed by atoms with Gasteiger partial charge in [-0.2, -0.15) is 0 Å². The molecule has 0 spiro atoms. The number of carbonyl (C=O) groups is 1. The molecule has 1 fully saturated rings. The average Bonchev–Trinajstić information content (AvgIpc) is 2.72. The summed E-state index contributed by atoms with van der Waals surface area (Å²) < 4.78 is 19.8. The zero-order valence-corrected chi connectivity index (χ0v) is 15.8. The van der Waals surface area contributed by atoms with Crippen molar-refractivity contribution >= 4 is 5.91 Å². The highest BCUT2D eigenvalue weighted by atomic mass is 19.1.